The van der Waals surface area contributed by atoms with Crippen molar-refractivity contribution in [2.24, 2.45) is 0 Å². The molecule has 0 radical (unpaired) electrons. The van der Waals surface area contributed by atoms with Gasteiger partial charge in [-0.05, 0) is 51.0 Å². The fourth-order valence-electron chi connectivity index (χ4n) is 4.58. The largest absolute Gasteiger partial charge is 0.297 e. The van der Waals surface area contributed by atoms with Gasteiger partial charge in [0.2, 0.25) is 0 Å². The van der Waals surface area contributed by atoms with E-state index in [1.165, 1.54) is 22.3 Å². The van der Waals surface area contributed by atoms with Gasteiger partial charge < -0.3 is 0 Å². The van der Waals surface area contributed by atoms with Gasteiger partial charge in [0.05, 0.1) is 22.8 Å². The number of nitrogens with zero attached hydrogens (tertiary/aromatic N) is 4. The maximum Gasteiger partial charge on any atom is 0.138 e. The van der Waals surface area contributed by atoms with E-state index >= 15 is 0 Å². The summed E-state index contributed by atoms with van der Waals surface area (Å²) < 4.78 is 4.43. The van der Waals surface area contributed by atoms with E-state index < -0.39 is 0 Å². The van der Waals surface area contributed by atoms with E-state index in [9.17, 15) is 0 Å². The van der Waals surface area contributed by atoms with Gasteiger partial charge in [-0.2, -0.15) is 0 Å². The number of aromatic nitrogens is 4. The Morgan fingerprint density at radius 1 is 0.441 bits per heavy atom. The van der Waals surface area contributed by atoms with Crippen LogP contribution in [0.25, 0.3) is 45.2 Å². The van der Waals surface area contributed by atoms with Crippen LogP contribution in [0, 0.1) is 27.7 Å². The van der Waals surface area contributed by atoms with Gasteiger partial charge >= 0.3 is 0 Å². The summed E-state index contributed by atoms with van der Waals surface area (Å²) in [6, 6.07) is 25.6. The third-order valence-electron chi connectivity index (χ3n) is 6.41. The van der Waals surface area contributed by atoms with Gasteiger partial charge in [-0.3, -0.25) is 8.80 Å². The third kappa shape index (κ3) is 3.30. The zero-order chi connectivity index (χ0) is 23.4. The molecule has 0 amide bonds. The maximum atomic E-state index is 5.11. The molecule has 0 aliphatic heterocycles. The number of rotatable bonds is 3. The van der Waals surface area contributed by atoms with Crippen LogP contribution in [0.2, 0.25) is 0 Å². The van der Waals surface area contributed by atoms with Gasteiger partial charge in [0.1, 0.15) is 11.3 Å². The second-order valence-corrected chi connectivity index (χ2v) is 9.22. The van der Waals surface area contributed by atoms with Gasteiger partial charge in [0, 0.05) is 23.5 Å². The first kappa shape index (κ1) is 20.4. The van der Waals surface area contributed by atoms with Crippen LogP contribution in [0.3, 0.4) is 0 Å². The minimum absolute atomic E-state index is 0.925. The molecule has 166 valence electrons. The summed E-state index contributed by atoms with van der Waals surface area (Å²) in [5, 5.41) is 0. The molecular weight excluding hydrogens is 416 g/mol. The average Bonchev–Trinajstić information content (AvgIpc) is 3.37. The van der Waals surface area contributed by atoms with Crippen molar-refractivity contribution in [1.82, 2.24) is 18.8 Å². The first-order valence-corrected chi connectivity index (χ1v) is 11.6. The van der Waals surface area contributed by atoms with Crippen molar-refractivity contribution in [2.75, 3.05) is 0 Å². The number of aryl methyl sites for hydroxylation is 4. The van der Waals surface area contributed by atoms with Crippen LogP contribution in [0.1, 0.15) is 22.3 Å². The lowest BCUT2D eigenvalue weighted by Gasteiger charge is -2.10. The van der Waals surface area contributed by atoms with Gasteiger partial charge in [-0.1, -0.05) is 71.8 Å². The second kappa shape index (κ2) is 7.70. The topological polar surface area (TPSA) is 34.6 Å². The van der Waals surface area contributed by atoms with Crippen molar-refractivity contribution in [3.8, 4) is 33.9 Å². The molecule has 4 aromatic heterocycles. The van der Waals surface area contributed by atoms with E-state index in [0.29, 0.717) is 0 Å². The quantitative estimate of drug-likeness (QED) is 0.290. The minimum Gasteiger partial charge on any atom is -0.297 e. The Morgan fingerprint density at radius 2 is 0.794 bits per heavy atom. The minimum atomic E-state index is 0.925. The summed E-state index contributed by atoms with van der Waals surface area (Å²) in [6.45, 7) is 8.46. The van der Waals surface area contributed by atoms with Crippen LogP contribution in [-0.2, 0) is 0 Å². The Balaban J connectivity index is 1.76. The number of pyridine rings is 2. The van der Waals surface area contributed by atoms with Gasteiger partial charge in [-0.15, -0.1) is 0 Å². The Kier molecular flexibility index (Phi) is 4.63. The molecule has 0 saturated heterocycles. The summed E-state index contributed by atoms with van der Waals surface area (Å²) in [5.74, 6) is 0. The summed E-state index contributed by atoms with van der Waals surface area (Å²) in [5.41, 5.74) is 12.9. The lowest BCUT2D eigenvalue weighted by Crippen LogP contribution is -1.97. The Bertz CT molecular complexity index is 1540. The highest BCUT2D eigenvalue weighted by atomic mass is 15.1. The molecule has 0 saturated carbocycles. The van der Waals surface area contributed by atoms with Crippen LogP contribution < -0.4 is 0 Å². The maximum absolute atomic E-state index is 5.11. The fourth-order valence-corrected chi connectivity index (χ4v) is 4.58. The molecule has 4 heteroatoms. The highest BCUT2D eigenvalue weighted by molar-refractivity contribution is 5.89. The Labute approximate surface area is 199 Å². The van der Waals surface area contributed by atoms with Crippen LogP contribution in [-0.4, -0.2) is 18.8 Å². The first-order chi connectivity index (χ1) is 16.5. The van der Waals surface area contributed by atoms with E-state index in [2.05, 4.69) is 122 Å². The van der Waals surface area contributed by atoms with Crippen LogP contribution in [0.4, 0.5) is 0 Å². The van der Waals surface area contributed by atoms with Gasteiger partial charge in [0.15, 0.2) is 0 Å². The number of hydrogen-bond acceptors (Lipinski definition) is 2. The molecule has 0 unspecified atom stereocenters. The molecule has 0 aliphatic carbocycles. The second-order valence-electron chi connectivity index (χ2n) is 9.22. The fraction of sp³-hybridized carbons (Fsp3) is 0.133. The Morgan fingerprint density at radius 3 is 1.18 bits per heavy atom. The van der Waals surface area contributed by atoms with Crippen molar-refractivity contribution in [1.29, 1.82) is 0 Å². The Hall–Kier alpha value is -4.18. The highest BCUT2D eigenvalue weighted by Crippen LogP contribution is 2.39. The van der Waals surface area contributed by atoms with Crippen LogP contribution in [0.5, 0.6) is 0 Å². The van der Waals surface area contributed by atoms with Crippen molar-refractivity contribution < 1.29 is 0 Å². The number of hydrogen-bond donors (Lipinski definition) is 0. The molecule has 2 aromatic carbocycles. The summed E-state index contributed by atoms with van der Waals surface area (Å²) in [7, 11) is 0. The number of imidazole rings is 2. The van der Waals surface area contributed by atoms with Crippen LogP contribution in [0.15, 0.2) is 85.2 Å². The molecule has 0 bridgehead atoms. The predicted octanol–water partition coefficient (Wildman–Crippen LogP) is 7.22. The molecule has 0 N–H and O–H groups in total. The molecule has 0 atom stereocenters. The summed E-state index contributed by atoms with van der Waals surface area (Å²) >= 11 is 0. The van der Waals surface area contributed by atoms with Gasteiger partial charge in [-0.25, -0.2) is 9.97 Å². The molecule has 4 heterocycles. The molecule has 0 aliphatic rings. The summed E-state index contributed by atoms with van der Waals surface area (Å²) in [4.78, 5) is 10.2. The van der Waals surface area contributed by atoms with Crippen molar-refractivity contribution in [3.05, 3.63) is 107 Å². The van der Waals surface area contributed by atoms with Crippen molar-refractivity contribution in [2.45, 2.75) is 27.7 Å². The third-order valence-corrected chi connectivity index (χ3v) is 6.41. The van der Waals surface area contributed by atoms with E-state index in [-0.39, 0.29) is 0 Å². The molecule has 6 aromatic rings. The lowest BCUT2D eigenvalue weighted by atomic mass is 10.0. The zero-order valence-electron chi connectivity index (χ0n) is 19.9. The molecule has 0 spiro atoms. The van der Waals surface area contributed by atoms with E-state index in [4.69, 9.17) is 9.97 Å². The summed E-state index contributed by atoms with van der Waals surface area (Å²) in [6.07, 6.45) is 4.34. The van der Waals surface area contributed by atoms with Crippen molar-refractivity contribution >= 4 is 11.3 Å². The van der Waals surface area contributed by atoms with Crippen LogP contribution >= 0.6 is 0 Å². The lowest BCUT2D eigenvalue weighted by molar-refractivity contribution is 1.11. The van der Waals surface area contributed by atoms with E-state index in [1.807, 2.05) is 0 Å². The normalized spacial score (nSPS) is 11.5. The molecular formula is C30H26N4. The predicted molar refractivity (Wildman–Crippen MR) is 139 cm³/mol. The monoisotopic (exact) mass is 442 g/mol. The van der Waals surface area contributed by atoms with E-state index in [1.54, 1.807) is 0 Å². The smallest absolute Gasteiger partial charge is 0.138 e. The highest BCUT2D eigenvalue weighted by Gasteiger charge is 2.24. The van der Waals surface area contributed by atoms with Crippen molar-refractivity contribution in [3.63, 3.8) is 0 Å². The standard InChI is InChI=1S/C30H26N4/c1-19-5-11-23(12-6-19)27-29(33-17-21(3)9-15-25(33)31-27)30-28(24-13-7-20(2)8-14-24)32-26-16-10-22(4)18-34(26)30/h5-18H,1-4H3. The SMILES string of the molecule is Cc1ccc(-c2nc3ccc(C)cn3c2-c2c(-c3ccc(C)cc3)nc3ccc(C)cn23)cc1. The average molecular weight is 443 g/mol. The first-order valence-electron chi connectivity index (χ1n) is 11.6. The number of fused-ring (bicyclic) bond motifs is 2. The molecule has 0 fully saturated rings. The molecule has 34 heavy (non-hydrogen) atoms. The number of benzene rings is 2. The zero-order valence-corrected chi connectivity index (χ0v) is 19.9. The molecule has 4 nitrogen and oxygen atoms in total. The van der Waals surface area contributed by atoms with Gasteiger partial charge in [0.25, 0.3) is 0 Å². The molecule has 6 rings (SSSR count). The van der Waals surface area contributed by atoms with E-state index in [0.717, 1.165) is 45.2 Å².